The Hall–Kier alpha value is -1.06. The molecule has 0 aromatic carbocycles. The van der Waals surface area contributed by atoms with Crippen molar-refractivity contribution >= 4 is 11.9 Å². The van der Waals surface area contributed by atoms with E-state index in [9.17, 15) is 9.59 Å². The zero-order valence-electron chi connectivity index (χ0n) is 17.5. The average Bonchev–Trinajstić information content (AvgIpc) is 2.60. The predicted octanol–water partition coefficient (Wildman–Crippen LogP) is 6.35. The molecule has 0 N–H and O–H groups in total. The van der Waals surface area contributed by atoms with Crippen LogP contribution < -0.4 is 0 Å². The predicted molar refractivity (Wildman–Crippen MR) is 107 cm³/mol. The van der Waals surface area contributed by atoms with E-state index >= 15 is 0 Å². The molecule has 0 amide bonds. The summed E-state index contributed by atoms with van der Waals surface area (Å²) in [6.07, 6.45) is 15.5. The molecule has 4 nitrogen and oxygen atoms in total. The van der Waals surface area contributed by atoms with Gasteiger partial charge in [0.05, 0.1) is 13.0 Å². The Morgan fingerprint density at radius 2 is 1.19 bits per heavy atom. The molecule has 0 unspecified atom stereocenters. The molecule has 0 aliphatic carbocycles. The Labute approximate surface area is 161 Å². The third kappa shape index (κ3) is 17.8. The number of hydrogen-bond donors (Lipinski definition) is 0. The van der Waals surface area contributed by atoms with Gasteiger partial charge in [0.2, 0.25) is 0 Å². The quantitative estimate of drug-likeness (QED) is 0.208. The van der Waals surface area contributed by atoms with E-state index in [1.54, 1.807) is 6.92 Å². The van der Waals surface area contributed by atoms with Crippen molar-refractivity contribution in [3.05, 3.63) is 0 Å². The van der Waals surface area contributed by atoms with E-state index in [4.69, 9.17) is 9.47 Å². The number of carbonyl (C=O) groups is 2. The minimum absolute atomic E-state index is 0.151. The summed E-state index contributed by atoms with van der Waals surface area (Å²) in [6, 6.07) is 0. The molecule has 0 radical (unpaired) electrons. The lowest BCUT2D eigenvalue weighted by atomic mass is 10.1. The summed E-state index contributed by atoms with van der Waals surface area (Å²) in [4.78, 5) is 23.5. The molecular weight excluding hydrogens is 328 g/mol. The number of carbonyl (C=O) groups excluding carboxylic acids is 2. The van der Waals surface area contributed by atoms with Crippen molar-refractivity contribution in [2.24, 2.45) is 0 Å². The molecule has 154 valence electrons. The molecule has 0 aliphatic heterocycles. The van der Waals surface area contributed by atoms with E-state index < -0.39 is 6.10 Å². The number of ether oxygens (including phenoxy) is 2. The zero-order chi connectivity index (χ0) is 19.5. The van der Waals surface area contributed by atoms with Crippen molar-refractivity contribution in [2.75, 3.05) is 6.61 Å². The maximum Gasteiger partial charge on any atom is 0.309 e. The second kappa shape index (κ2) is 18.7. The lowest BCUT2D eigenvalue weighted by Crippen LogP contribution is -2.20. The molecular formula is C22H42O4. The monoisotopic (exact) mass is 370 g/mol. The van der Waals surface area contributed by atoms with Gasteiger partial charge in [-0.25, -0.2) is 0 Å². The molecule has 0 aromatic heterocycles. The summed E-state index contributed by atoms with van der Waals surface area (Å²) >= 11 is 0. The average molecular weight is 371 g/mol. The van der Waals surface area contributed by atoms with E-state index in [2.05, 4.69) is 13.8 Å². The second-order valence-corrected chi connectivity index (χ2v) is 7.36. The van der Waals surface area contributed by atoms with Crippen LogP contribution in [0.15, 0.2) is 0 Å². The van der Waals surface area contributed by atoms with Gasteiger partial charge in [0.25, 0.3) is 0 Å². The third-order valence-corrected chi connectivity index (χ3v) is 4.53. The minimum atomic E-state index is -0.399. The Kier molecular flexibility index (Phi) is 18.0. The van der Waals surface area contributed by atoms with Crippen LogP contribution in [0.3, 0.4) is 0 Å². The fourth-order valence-corrected chi connectivity index (χ4v) is 2.91. The number of rotatable bonds is 18. The molecule has 0 bridgehead atoms. The van der Waals surface area contributed by atoms with Crippen LogP contribution in [-0.2, 0) is 19.1 Å². The van der Waals surface area contributed by atoms with Crippen LogP contribution in [0.4, 0.5) is 0 Å². The highest BCUT2D eigenvalue weighted by atomic mass is 16.6. The summed E-state index contributed by atoms with van der Waals surface area (Å²) in [7, 11) is 0. The first-order chi connectivity index (χ1) is 12.6. The van der Waals surface area contributed by atoms with Crippen molar-refractivity contribution in [2.45, 2.75) is 123 Å². The van der Waals surface area contributed by atoms with Crippen LogP contribution in [0.25, 0.3) is 0 Å². The van der Waals surface area contributed by atoms with Crippen LogP contribution in [0.2, 0.25) is 0 Å². The Bertz CT molecular complexity index is 309. The summed E-state index contributed by atoms with van der Waals surface area (Å²) in [6.45, 7) is 6.64. The SMILES string of the molecule is CCCCCCCCCC(=O)O[C@H](C)CC(=O)OCCCCCCCC. The Morgan fingerprint density at radius 1 is 0.692 bits per heavy atom. The van der Waals surface area contributed by atoms with E-state index in [1.807, 2.05) is 0 Å². The molecule has 0 heterocycles. The smallest absolute Gasteiger partial charge is 0.309 e. The van der Waals surface area contributed by atoms with Gasteiger partial charge in [-0.05, 0) is 19.8 Å². The maximum atomic E-state index is 11.8. The van der Waals surface area contributed by atoms with Crippen LogP contribution in [0, 0.1) is 0 Å². The Morgan fingerprint density at radius 3 is 1.77 bits per heavy atom. The second-order valence-electron chi connectivity index (χ2n) is 7.36. The van der Waals surface area contributed by atoms with E-state index in [0.29, 0.717) is 13.0 Å². The standard InChI is InChI=1S/C22H42O4/c1-4-6-8-10-12-13-15-17-21(23)26-20(3)19-22(24)25-18-16-14-11-9-7-5-2/h20H,4-19H2,1-3H3/t20-/m1/s1. The van der Waals surface area contributed by atoms with Gasteiger partial charge in [0.15, 0.2) is 0 Å². The summed E-state index contributed by atoms with van der Waals surface area (Å²) in [5.74, 6) is -0.468. The number of hydrogen-bond acceptors (Lipinski definition) is 4. The van der Waals surface area contributed by atoms with Crippen LogP contribution in [0.5, 0.6) is 0 Å². The van der Waals surface area contributed by atoms with Gasteiger partial charge in [0, 0.05) is 6.42 Å². The normalized spacial score (nSPS) is 12.0. The highest BCUT2D eigenvalue weighted by Gasteiger charge is 2.14. The molecule has 0 rings (SSSR count). The minimum Gasteiger partial charge on any atom is -0.466 e. The zero-order valence-corrected chi connectivity index (χ0v) is 17.5. The summed E-state index contributed by atoms with van der Waals surface area (Å²) < 4.78 is 10.5. The van der Waals surface area contributed by atoms with Crippen molar-refractivity contribution in [1.82, 2.24) is 0 Å². The van der Waals surface area contributed by atoms with Crippen molar-refractivity contribution in [1.29, 1.82) is 0 Å². The summed E-state index contributed by atoms with van der Waals surface area (Å²) in [5.41, 5.74) is 0. The van der Waals surface area contributed by atoms with Gasteiger partial charge in [-0.15, -0.1) is 0 Å². The third-order valence-electron chi connectivity index (χ3n) is 4.53. The highest BCUT2D eigenvalue weighted by Crippen LogP contribution is 2.10. The lowest BCUT2D eigenvalue weighted by Gasteiger charge is -2.13. The molecule has 4 heteroatoms. The van der Waals surface area contributed by atoms with Gasteiger partial charge in [-0.1, -0.05) is 84.5 Å². The molecule has 0 spiro atoms. The fourth-order valence-electron chi connectivity index (χ4n) is 2.91. The van der Waals surface area contributed by atoms with Crippen molar-refractivity contribution in [3.63, 3.8) is 0 Å². The lowest BCUT2D eigenvalue weighted by molar-refractivity contribution is -0.154. The number of esters is 2. The van der Waals surface area contributed by atoms with Gasteiger partial charge in [-0.2, -0.15) is 0 Å². The molecule has 0 aromatic rings. The fraction of sp³-hybridized carbons (Fsp3) is 0.909. The molecule has 26 heavy (non-hydrogen) atoms. The molecule has 0 aliphatic rings. The van der Waals surface area contributed by atoms with E-state index in [0.717, 1.165) is 25.7 Å². The first-order valence-corrected chi connectivity index (χ1v) is 10.9. The van der Waals surface area contributed by atoms with Crippen LogP contribution >= 0.6 is 0 Å². The number of unbranched alkanes of at least 4 members (excludes halogenated alkanes) is 11. The van der Waals surface area contributed by atoms with Gasteiger partial charge >= 0.3 is 11.9 Å². The van der Waals surface area contributed by atoms with Crippen molar-refractivity contribution in [3.8, 4) is 0 Å². The topological polar surface area (TPSA) is 52.6 Å². The van der Waals surface area contributed by atoms with E-state index in [-0.39, 0.29) is 18.4 Å². The van der Waals surface area contributed by atoms with E-state index in [1.165, 1.54) is 57.8 Å². The molecule has 0 saturated heterocycles. The van der Waals surface area contributed by atoms with Gasteiger partial charge in [0.1, 0.15) is 6.10 Å². The van der Waals surface area contributed by atoms with Crippen LogP contribution in [-0.4, -0.2) is 24.6 Å². The van der Waals surface area contributed by atoms with Gasteiger partial charge < -0.3 is 9.47 Å². The highest BCUT2D eigenvalue weighted by molar-refractivity contribution is 5.72. The molecule has 1 atom stereocenters. The Balaban J connectivity index is 3.53. The molecule has 0 fully saturated rings. The maximum absolute atomic E-state index is 11.8. The first kappa shape index (κ1) is 24.9. The largest absolute Gasteiger partial charge is 0.466 e. The summed E-state index contributed by atoms with van der Waals surface area (Å²) in [5, 5.41) is 0. The first-order valence-electron chi connectivity index (χ1n) is 10.9. The van der Waals surface area contributed by atoms with Gasteiger partial charge in [-0.3, -0.25) is 9.59 Å². The van der Waals surface area contributed by atoms with Crippen molar-refractivity contribution < 1.29 is 19.1 Å². The van der Waals surface area contributed by atoms with Crippen LogP contribution in [0.1, 0.15) is 117 Å². The molecule has 0 saturated carbocycles.